The van der Waals surface area contributed by atoms with E-state index in [1.54, 1.807) is 22.7 Å². The predicted octanol–water partition coefficient (Wildman–Crippen LogP) is 4.81. The van der Waals surface area contributed by atoms with E-state index >= 15 is 0 Å². The van der Waals surface area contributed by atoms with Crippen molar-refractivity contribution in [1.82, 2.24) is 14.9 Å². The summed E-state index contributed by atoms with van der Waals surface area (Å²) in [5.74, 6) is 1.68. The fourth-order valence-corrected chi connectivity index (χ4v) is 4.72. The Hall–Kier alpha value is -1.50. The summed E-state index contributed by atoms with van der Waals surface area (Å²) in [5.41, 5.74) is 1.05. The number of thiazole rings is 1. The largest absolute Gasteiger partial charge is 0.440 e. The second-order valence-electron chi connectivity index (χ2n) is 5.93. The summed E-state index contributed by atoms with van der Waals surface area (Å²) in [6.45, 7) is 6.06. The van der Waals surface area contributed by atoms with E-state index in [0.717, 1.165) is 35.3 Å². The molecule has 3 aromatic rings. The van der Waals surface area contributed by atoms with Gasteiger partial charge < -0.3 is 4.42 Å². The third kappa shape index (κ3) is 2.98. The van der Waals surface area contributed by atoms with Gasteiger partial charge in [-0.25, -0.2) is 9.97 Å². The van der Waals surface area contributed by atoms with Gasteiger partial charge in [0.25, 0.3) is 0 Å². The lowest BCUT2D eigenvalue weighted by Crippen LogP contribution is -2.23. The van der Waals surface area contributed by atoms with Crippen molar-refractivity contribution in [2.45, 2.75) is 39.3 Å². The van der Waals surface area contributed by atoms with Crippen molar-refractivity contribution in [3.8, 4) is 10.8 Å². The second kappa shape index (κ2) is 6.19. The molecule has 1 aliphatic heterocycles. The van der Waals surface area contributed by atoms with Crippen LogP contribution in [0.4, 0.5) is 0 Å². The van der Waals surface area contributed by atoms with Gasteiger partial charge in [-0.3, -0.25) is 4.90 Å². The lowest BCUT2D eigenvalue weighted by molar-refractivity contribution is 0.244. The summed E-state index contributed by atoms with van der Waals surface area (Å²) < 4.78 is 5.91. The van der Waals surface area contributed by atoms with E-state index in [9.17, 15) is 0 Å². The van der Waals surface area contributed by atoms with E-state index in [1.165, 1.54) is 22.7 Å². The van der Waals surface area contributed by atoms with Crippen molar-refractivity contribution in [3.63, 3.8) is 0 Å². The minimum absolute atomic E-state index is 0.429. The minimum Gasteiger partial charge on any atom is -0.440 e. The predicted molar refractivity (Wildman–Crippen MR) is 93.8 cm³/mol. The van der Waals surface area contributed by atoms with Crippen LogP contribution in [-0.4, -0.2) is 21.4 Å². The monoisotopic (exact) mass is 345 g/mol. The van der Waals surface area contributed by atoms with E-state index in [-0.39, 0.29) is 0 Å². The highest BCUT2D eigenvalue weighted by Crippen LogP contribution is 2.35. The summed E-state index contributed by atoms with van der Waals surface area (Å²) in [6, 6.07) is 4.63. The summed E-state index contributed by atoms with van der Waals surface area (Å²) in [4.78, 5) is 14.1. The van der Waals surface area contributed by atoms with Crippen molar-refractivity contribution in [3.05, 3.63) is 45.0 Å². The number of aromatic nitrogens is 2. The Kier molecular flexibility index (Phi) is 4.05. The zero-order valence-corrected chi connectivity index (χ0v) is 14.9. The molecule has 0 radical (unpaired) electrons. The van der Waals surface area contributed by atoms with Crippen LogP contribution in [0.5, 0.6) is 0 Å². The van der Waals surface area contributed by atoms with Crippen LogP contribution in [0.15, 0.2) is 28.1 Å². The van der Waals surface area contributed by atoms with Gasteiger partial charge in [0.05, 0.1) is 16.6 Å². The molecule has 0 spiro atoms. The second-order valence-corrected chi connectivity index (χ2v) is 8.15. The highest BCUT2D eigenvalue weighted by molar-refractivity contribution is 7.15. The van der Waals surface area contributed by atoms with Crippen LogP contribution in [0.2, 0.25) is 0 Å². The first-order valence-electron chi connectivity index (χ1n) is 7.87. The molecular weight excluding hydrogens is 326 g/mol. The molecule has 1 atom stereocenters. The van der Waals surface area contributed by atoms with Crippen LogP contribution in [0.1, 0.15) is 40.2 Å². The number of likely N-dealkylation sites (tertiary alicyclic amines) is 1. The zero-order chi connectivity index (χ0) is 15.8. The number of hydrogen-bond acceptors (Lipinski definition) is 6. The molecule has 0 amide bonds. The summed E-state index contributed by atoms with van der Waals surface area (Å²) in [5, 5.41) is 3.28. The first kappa shape index (κ1) is 15.1. The van der Waals surface area contributed by atoms with E-state index in [4.69, 9.17) is 9.40 Å². The van der Waals surface area contributed by atoms with Crippen LogP contribution in [0, 0.1) is 13.8 Å². The molecule has 4 heterocycles. The van der Waals surface area contributed by atoms with E-state index in [0.29, 0.717) is 6.04 Å². The maximum atomic E-state index is 5.91. The lowest BCUT2D eigenvalue weighted by Gasteiger charge is -2.21. The third-order valence-corrected chi connectivity index (χ3v) is 6.16. The van der Waals surface area contributed by atoms with Gasteiger partial charge in [-0.15, -0.1) is 22.7 Å². The molecule has 4 rings (SSSR count). The van der Waals surface area contributed by atoms with Crippen LogP contribution < -0.4 is 0 Å². The van der Waals surface area contributed by atoms with Crippen molar-refractivity contribution < 1.29 is 4.42 Å². The summed E-state index contributed by atoms with van der Waals surface area (Å²) in [6.07, 6.45) is 4.30. The highest BCUT2D eigenvalue weighted by atomic mass is 32.1. The molecule has 4 nitrogen and oxygen atoms in total. The molecule has 3 aromatic heterocycles. The highest BCUT2D eigenvalue weighted by Gasteiger charge is 2.29. The Morgan fingerprint density at radius 3 is 3.00 bits per heavy atom. The molecule has 0 unspecified atom stereocenters. The van der Waals surface area contributed by atoms with E-state index in [2.05, 4.69) is 34.3 Å². The minimum atomic E-state index is 0.429. The number of oxazole rings is 1. The molecular formula is C17H19N3OS2. The normalized spacial score (nSPS) is 18.8. The fourth-order valence-electron chi connectivity index (χ4n) is 3.12. The van der Waals surface area contributed by atoms with Gasteiger partial charge in [0, 0.05) is 23.0 Å². The molecule has 0 aromatic carbocycles. The van der Waals surface area contributed by atoms with Gasteiger partial charge in [-0.1, -0.05) is 0 Å². The lowest BCUT2D eigenvalue weighted by atomic mass is 10.2. The third-order valence-electron chi connectivity index (χ3n) is 4.30. The van der Waals surface area contributed by atoms with Crippen molar-refractivity contribution in [2.24, 2.45) is 0 Å². The molecule has 120 valence electrons. The number of hydrogen-bond donors (Lipinski definition) is 0. The molecule has 1 saturated heterocycles. The molecule has 0 N–H and O–H groups in total. The van der Waals surface area contributed by atoms with Crippen LogP contribution in [0.3, 0.4) is 0 Å². The van der Waals surface area contributed by atoms with Crippen LogP contribution in [0.25, 0.3) is 10.8 Å². The van der Waals surface area contributed by atoms with Gasteiger partial charge in [-0.05, 0) is 45.4 Å². The zero-order valence-electron chi connectivity index (χ0n) is 13.3. The Morgan fingerprint density at radius 1 is 1.35 bits per heavy atom. The number of aryl methyl sites for hydroxylation is 2. The maximum absolute atomic E-state index is 5.91. The molecule has 0 aliphatic carbocycles. The number of nitrogens with zero attached hydrogens (tertiary/aromatic N) is 3. The topological polar surface area (TPSA) is 42.2 Å². The van der Waals surface area contributed by atoms with Gasteiger partial charge in [0.2, 0.25) is 5.89 Å². The van der Waals surface area contributed by atoms with Gasteiger partial charge in [0.15, 0.2) is 0 Å². The molecule has 1 aliphatic rings. The standard InChI is InChI=1S/C17H19N3OS2/c1-11-5-6-15(23-11)16-19-13(12(2)21-16)10-20-8-3-4-14(20)17-18-7-9-22-17/h5-7,9,14H,3-4,8,10H2,1-2H3/t14-/m1/s1. The van der Waals surface area contributed by atoms with Crippen molar-refractivity contribution >= 4 is 22.7 Å². The Balaban J connectivity index is 1.56. The van der Waals surface area contributed by atoms with Gasteiger partial charge in [0.1, 0.15) is 10.8 Å². The smallest absolute Gasteiger partial charge is 0.236 e. The molecule has 0 saturated carbocycles. The van der Waals surface area contributed by atoms with Crippen molar-refractivity contribution in [1.29, 1.82) is 0 Å². The summed E-state index contributed by atoms with van der Waals surface area (Å²) >= 11 is 3.47. The van der Waals surface area contributed by atoms with Crippen LogP contribution >= 0.6 is 22.7 Å². The van der Waals surface area contributed by atoms with Crippen LogP contribution in [-0.2, 0) is 6.54 Å². The summed E-state index contributed by atoms with van der Waals surface area (Å²) in [7, 11) is 0. The first-order valence-corrected chi connectivity index (χ1v) is 9.57. The molecule has 23 heavy (non-hydrogen) atoms. The fraction of sp³-hybridized carbons (Fsp3) is 0.412. The van der Waals surface area contributed by atoms with E-state index in [1.807, 2.05) is 13.1 Å². The maximum Gasteiger partial charge on any atom is 0.236 e. The van der Waals surface area contributed by atoms with E-state index < -0.39 is 0 Å². The quantitative estimate of drug-likeness (QED) is 0.680. The Labute approximate surface area is 143 Å². The van der Waals surface area contributed by atoms with Gasteiger partial charge in [-0.2, -0.15) is 0 Å². The van der Waals surface area contributed by atoms with Crippen molar-refractivity contribution in [2.75, 3.05) is 6.54 Å². The average molecular weight is 345 g/mol. The molecule has 0 bridgehead atoms. The average Bonchev–Trinajstić information content (AvgIpc) is 3.28. The Morgan fingerprint density at radius 2 is 2.26 bits per heavy atom. The number of thiophene rings is 1. The Bertz CT molecular complexity index is 791. The number of rotatable bonds is 4. The molecule has 6 heteroatoms. The first-order chi connectivity index (χ1) is 11.2. The molecule has 1 fully saturated rings. The van der Waals surface area contributed by atoms with Gasteiger partial charge >= 0.3 is 0 Å². The SMILES string of the molecule is Cc1ccc(-c2nc(CN3CCC[C@@H]3c3nccs3)c(C)o2)s1.